The number of likely N-dealkylation sites (N-methyl/N-ethyl adjacent to an activating group) is 1. The van der Waals surface area contributed by atoms with E-state index in [2.05, 4.69) is 17.1 Å². The highest BCUT2D eigenvalue weighted by Gasteiger charge is 2.31. The summed E-state index contributed by atoms with van der Waals surface area (Å²) in [5, 5.41) is 2.81. The van der Waals surface area contributed by atoms with Crippen molar-refractivity contribution in [2.24, 2.45) is 5.73 Å². The van der Waals surface area contributed by atoms with Crippen molar-refractivity contribution in [2.75, 3.05) is 26.7 Å². The van der Waals surface area contributed by atoms with Gasteiger partial charge in [-0.05, 0) is 27.3 Å². The van der Waals surface area contributed by atoms with E-state index in [-0.39, 0.29) is 18.1 Å². The van der Waals surface area contributed by atoms with Crippen LogP contribution in [0.4, 0.5) is 0 Å². The molecule has 1 fully saturated rings. The molecule has 100 valence electrons. The molecular formula is C12H25N3O2. The van der Waals surface area contributed by atoms with Gasteiger partial charge in [-0.25, -0.2) is 0 Å². The molecule has 0 spiro atoms. The summed E-state index contributed by atoms with van der Waals surface area (Å²) in [6.07, 6.45) is 1.71. The van der Waals surface area contributed by atoms with Crippen molar-refractivity contribution in [3.8, 4) is 0 Å². The lowest BCUT2D eigenvalue weighted by molar-refractivity contribution is -0.122. The van der Waals surface area contributed by atoms with Gasteiger partial charge < -0.3 is 15.8 Å². The van der Waals surface area contributed by atoms with E-state index in [0.717, 1.165) is 13.0 Å². The molecule has 1 aliphatic rings. The van der Waals surface area contributed by atoms with Gasteiger partial charge in [0.15, 0.2) is 0 Å². The van der Waals surface area contributed by atoms with Crippen molar-refractivity contribution >= 4 is 5.91 Å². The molecule has 3 atom stereocenters. The second kappa shape index (κ2) is 6.93. The Morgan fingerprint density at radius 2 is 2.35 bits per heavy atom. The molecule has 3 N–H and O–H groups in total. The SMILES string of the molecule is CCNC(=O)CC(CN)N(C)C1CCOC1C. The molecule has 1 amide bonds. The Morgan fingerprint density at radius 3 is 2.82 bits per heavy atom. The predicted molar refractivity (Wildman–Crippen MR) is 67.7 cm³/mol. The average molecular weight is 243 g/mol. The zero-order valence-electron chi connectivity index (χ0n) is 11.1. The Hall–Kier alpha value is -0.650. The Bertz CT molecular complexity index is 248. The standard InChI is InChI=1S/C12H25N3O2/c1-4-14-12(16)7-10(8-13)15(3)11-5-6-17-9(11)2/h9-11H,4-8,13H2,1-3H3,(H,14,16). The number of ether oxygens (including phenoxy) is 1. The highest BCUT2D eigenvalue weighted by molar-refractivity contribution is 5.76. The molecule has 17 heavy (non-hydrogen) atoms. The third-order valence-corrected chi connectivity index (χ3v) is 3.50. The van der Waals surface area contributed by atoms with Crippen LogP contribution in [0.3, 0.4) is 0 Å². The van der Waals surface area contributed by atoms with E-state index >= 15 is 0 Å². The summed E-state index contributed by atoms with van der Waals surface area (Å²) in [4.78, 5) is 13.8. The molecule has 5 heteroatoms. The molecule has 0 aromatic rings. The molecule has 0 aromatic carbocycles. The van der Waals surface area contributed by atoms with Crippen LogP contribution in [0.2, 0.25) is 0 Å². The third kappa shape index (κ3) is 3.94. The number of hydrogen-bond donors (Lipinski definition) is 2. The van der Waals surface area contributed by atoms with Gasteiger partial charge in [-0.1, -0.05) is 0 Å². The van der Waals surface area contributed by atoms with E-state index < -0.39 is 0 Å². The first kappa shape index (κ1) is 14.4. The monoisotopic (exact) mass is 243 g/mol. The van der Waals surface area contributed by atoms with Gasteiger partial charge in [0.25, 0.3) is 0 Å². The van der Waals surface area contributed by atoms with Crippen LogP contribution in [0.5, 0.6) is 0 Å². The van der Waals surface area contributed by atoms with Gasteiger partial charge in [0.1, 0.15) is 0 Å². The van der Waals surface area contributed by atoms with Crippen molar-refractivity contribution in [1.82, 2.24) is 10.2 Å². The minimum atomic E-state index is 0.0707. The second-order valence-electron chi connectivity index (χ2n) is 4.64. The van der Waals surface area contributed by atoms with Crippen LogP contribution in [0.15, 0.2) is 0 Å². The zero-order valence-corrected chi connectivity index (χ0v) is 11.1. The van der Waals surface area contributed by atoms with Crippen LogP contribution in [0, 0.1) is 0 Å². The summed E-state index contributed by atoms with van der Waals surface area (Å²) in [6, 6.07) is 0.466. The summed E-state index contributed by atoms with van der Waals surface area (Å²) < 4.78 is 5.55. The van der Waals surface area contributed by atoms with Crippen LogP contribution in [-0.2, 0) is 9.53 Å². The number of carbonyl (C=O) groups is 1. The normalized spacial score (nSPS) is 26.2. The topological polar surface area (TPSA) is 67.6 Å². The van der Waals surface area contributed by atoms with Gasteiger partial charge in [0, 0.05) is 38.2 Å². The van der Waals surface area contributed by atoms with Crippen molar-refractivity contribution in [3.63, 3.8) is 0 Å². The molecule has 1 rings (SSSR count). The first-order valence-corrected chi connectivity index (χ1v) is 6.40. The van der Waals surface area contributed by atoms with E-state index in [0.29, 0.717) is 25.6 Å². The third-order valence-electron chi connectivity index (χ3n) is 3.50. The fourth-order valence-electron chi connectivity index (χ4n) is 2.40. The quantitative estimate of drug-likeness (QED) is 0.686. The van der Waals surface area contributed by atoms with Gasteiger partial charge >= 0.3 is 0 Å². The number of amides is 1. The van der Waals surface area contributed by atoms with E-state index in [1.54, 1.807) is 0 Å². The van der Waals surface area contributed by atoms with Crippen molar-refractivity contribution in [2.45, 2.75) is 44.9 Å². The molecular weight excluding hydrogens is 218 g/mol. The Balaban J connectivity index is 2.51. The largest absolute Gasteiger partial charge is 0.377 e. The molecule has 0 saturated carbocycles. The lowest BCUT2D eigenvalue weighted by Crippen LogP contribution is -2.48. The molecule has 5 nitrogen and oxygen atoms in total. The van der Waals surface area contributed by atoms with E-state index in [1.807, 2.05) is 14.0 Å². The zero-order chi connectivity index (χ0) is 12.8. The van der Waals surface area contributed by atoms with Gasteiger partial charge in [-0.15, -0.1) is 0 Å². The number of nitrogens with one attached hydrogen (secondary N) is 1. The van der Waals surface area contributed by atoms with Crippen LogP contribution >= 0.6 is 0 Å². The van der Waals surface area contributed by atoms with Gasteiger partial charge in [0.2, 0.25) is 5.91 Å². The Labute approximate surface area is 104 Å². The molecule has 1 saturated heterocycles. The minimum absolute atomic E-state index is 0.0707. The smallest absolute Gasteiger partial charge is 0.221 e. The fourth-order valence-corrected chi connectivity index (χ4v) is 2.40. The lowest BCUT2D eigenvalue weighted by Gasteiger charge is -2.33. The molecule has 0 radical (unpaired) electrons. The second-order valence-corrected chi connectivity index (χ2v) is 4.64. The molecule has 0 aromatic heterocycles. The minimum Gasteiger partial charge on any atom is -0.377 e. The first-order chi connectivity index (χ1) is 8.10. The Kier molecular flexibility index (Phi) is 5.88. The Morgan fingerprint density at radius 1 is 1.65 bits per heavy atom. The molecule has 0 bridgehead atoms. The summed E-state index contributed by atoms with van der Waals surface area (Å²) in [5.74, 6) is 0.0707. The number of rotatable bonds is 6. The van der Waals surface area contributed by atoms with E-state index in [4.69, 9.17) is 10.5 Å². The van der Waals surface area contributed by atoms with Gasteiger partial charge in [-0.3, -0.25) is 9.69 Å². The van der Waals surface area contributed by atoms with Crippen molar-refractivity contribution < 1.29 is 9.53 Å². The summed E-state index contributed by atoms with van der Waals surface area (Å²) >= 11 is 0. The number of nitrogens with two attached hydrogens (primary N) is 1. The summed E-state index contributed by atoms with van der Waals surface area (Å²) in [6.45, 7) is 5.97. The number of carbonyl (C=O) groups excluding carboxylic acids is 1. The first-order valence-electron chi connectivity index (χ1n) is 6.40. The number of hydrogen-bond acceptors (Lipinski definition) is 4. The highest BCUT2D eigenvalue weighted by Crippen LogP contribution is 2.20. The predicted octanol–water partition coefficient (Wildman–Crippen LogP) is -0.0509. The van der Waals surface area contributed by atoms with Crippen LogP contribution in [0.1, 0.15) is 26.7 Å². The van der Waals surface area contributed by atoms with Crippen molar-refractivity contribution in [1.29, 1.82) is 0 Å². The van der Waals surface area contributed by atoms with E-state index in [9.17, 15) is 4.79 Å². The molecule has 1 heterocycles. The maximum absolute atomic E-state index is 11.6. The fraction of sp³-hybridized carbons (Fsp3) is 0.917. The van der Waals surface area contributed by atoms with Crippen molar-refractivity contribution in [3.05, 3.63) is 0 Å². The maximum Gasteiger partial charge on any atom is 0.221 e. The molecule has 1 aliphatic heterocycles. The average Bonchev–Trinajstić information content (AvgIpc) is 2.72. The number of nitrogens with zero attached hydrogens (tertiary/aromatic N) is 1. The summed E-state index contributed by atoms with van der Waals surface area (Å²) in [5.41, 5.74) is 5.77. The van der Waals surface area contributed by atoms with Gasteiger partial charge in [-0.2, -0.15) is 0 Å². The molecule has 0 aliphatic carbocycles. The maximum atomic E-state index is 11.6. The van der Waals surface area contributed by atoms with Crippen LogP contribution in [-0.4, -0.2) is 55.7 Å². The molecule has 3 unspecified atom stereocenters. The lowest BCUT2D eigenvalue weighted by atomic mass is 10.1. The summed E-state index contributed by atoms with van der Waals surface area (Å²) in [7, 11) is 2.03. The van der Waals surface area contributed by atoms with E-state index in [1.165, 1.54) is 0 Å². The van der Waals surface area contributed by atoms with Gasteiger partial charge in [0.05, 0.1) is 6.10 Å². The highest BCUT2D eigenvalue weighted by atomic mass is 16.5. The van der Waals surface area contributed by atoms with Crippen LogP contribution in [0.25, 0.3) is 0 Å². The van der Waals surface area contributed by atoms with Crippen LogP contribution < -0.4 is 11.1 Å².